The van der Waals surface area contributed by atoms with Gasteiger partial charge in [0.1, 0.15) is 0 Å². The van der Waals surface area contributed by atoms with Crippen LogP contribution in [-0.2, 0) is 38.6 Å². The van der Waals surface area contributed by atoms with Gasteiger partial charge in [0, 0.05) is 0 Å². The summed E-state index contributed by atoms with van der Waals surface area (Å²) in [5, 5.41) is 6.06. The summed E-state index contributed by atoms with van der Waals surface area (Å²) in [6, 6.07) is 30.5. The summed E-state index contributed by atoms with van der Waals surface area (Å²) in [7, 11) is 17.5. The Morgan fingerprint density at radius 3 is 1.35 bits per heavy atom. The topological polar surface area (TPSA) is 58.2 Å². The number of benzene rings is 4. The van der Waals surface area contributed by atoms with Crippen LogP contribution >= 0.6 is 17.0 Å². The minimum atomic E-state index is -5.87. The number of amides is 2. The summed E-state index contributed by atoms with van der Waals surface area (Å²) in [5.74, 6) is 0. The SMILES string of the molecule is CCCCC1=Cc2c(-c3ccccc3CCC)cccc2[CH]1[Zr]([Cl])([Cl])([B](NC=O)NC=O)[CH]1C(CCCC)=Cc2c(-c3ccccc3CCC)cccc21. The molecule has 54 heavy (non-hydrogen) atoms. The van der Waals surface area contributed by atoms with Gasteiger partial charge in [-0.25, -0.2) is 0 Å². The molecule has 0 fully saturated rings. The van der Waals surface area contributed by atoms with Crippen molar-refractivity contribution in [2.24, 2.45) is 0 Å². The van der Waals surface area contributed by atoms with Crippen molar-refractivity contribution in [3.63, 3.8) is 0 Å². The number of fused-ring (bicyclic) bond motifs is 2. The van der Waals surface area contributed by atoms with Crippen molar-refractivity contribution in [2.45, 2.75) is 99.2 Å². The van der Waals surface area contributed by atoms with Gasteiger partial charge in [-0.2, -0.15) is 0 Å². The Morgan fingerprint density at radius 2 is 0.963 bits per heavy atom. The van der Waals surface area contributed by atoms with Crippen LogP contribution in [0.25, 0.3) is 34.4 Å². The first-order chi connectivity index (χ1) is 26.3. The minimum absolute atomic E-state index is 0.364. The Morgan fingerprint density at radius 1 is 0.556 bits per heavy atom. The Bertz CT molecular complexity index is 1920. The molecule has 2 atom stereocenters. The van der Waals surface area contributed by atoms with E-state index in [4.69, 9.17) is 17.0 Å². The second kappa shape index (κ2) is 17.7. The van der Waals surface area contributed by atoms with Gasteiger partial charge in [0.25, 0.3) is 0 Å². The third kappa shape index (κ3) is 7.40. The molecule has 2 N–H and O–H groups in total. The molecule has 0 saturated carbocycles. The number of hydrogen-bond acceptors (Lipinski definition) is 2. The van der Waals surface area contributed by atoms with Crippen LogP contribution in [0.2, 0.25) is 0 Å². The quantitative estimate of drug-likeness (QED) is 0.0730. The van der Waals surface area contributed by atoms with Crippen molar-refractivity contribution in [1.29, 1.82) is 0 Å². The van der Waals surface area contributed by atoms with E-state index in [1.807, 2.05) is 0 Å². The molecule has 2 unspecified atom stereocenters. The Balaban J connectivity index is 1.67. The number of unbranched alkanes of at least 4 members (excludes halogenated alkanes) is 2. The van der Waals surface area contributed by atoms with E-state index in [2.05, 4.69) is 135 Å². The van der Waals surface area contributed by atoms with Crippen LogP contribution in [0.5, 0.6) is 0 Å². The first-order valence-corrected chi connectivity index (χ1v) is 30.7. The van der Waals surface area contributed by atoms with Crippen LogP contribution < -0.4 is 10.5 Å². The predicted molar refractivity (Wildman–Crippen MR) is 228 cm³/mol. The van der Waals surface area contributed by atoms with Crippen molar-refractivity contribution in [3.05, 3.63) is 129 Å². The second-order valence-corrected chi connectivity index (χ2v) is 36.6. The fourth-order valence-electron chi connectivity index (χ4n) is 9.44. The molecule has 0 aliphatic heterocycles. The number of hydrogen-bond donors (Lipinski definition) is 2. The molecule has 0 radical (unpaired) electrons. The van der Waals surface area contributed by atoms with Crippen LogP contribution in [0, 0.1) is 0 Å². The maximum atomic E-state index is 12.6. The summed E-state index contributed by atoms with van der Waals surface area (Å²) in [6.45, 7) is 8.85. The van der Waals surface area contributed by atoms with E-state index >= 15 is 0 Å². The van der Waals surface area contributed by atoms with Gasteiger partial charge >= 0.3 is 334 Å². The van der Waals surface area contributed by atoms with Gasteiger partial charge in [-0.1, -0.05) is 0 Å². The molecule has 6 rings (SSSR count). The van der Waals surface area contributed by atoms with Gasteiger partial charge in [0.05, 0.1) is 0 Å². The first-order valence-electron chi connectivity index (χ1n) is 20.1. The summed E-state index contributed by atoms with van der Waals surface area (Å²) >= 11 is -5.87. The van der Waals surface area contributed by atoms with Crippen LogP contribution in [0.3, 0.4) is 0 Å². The van der Waals surface area contributed by atoms with Crippen molar-refractivity contribution < 1.29 is 25.8 Å². The molecule has 0 heterocycles. The summed E-state index contributed by atoms with van der Waals surface area (Å²) in [5.41, 5.74) is 14.3. The standard InChI is InChI=1S/2C22H25.C2H3BN2O2.2ClH.Zr/c2*1-3-5-10-17-15-19-12-8-14-21(22(19)16-17)20-13-7-6-11-18(20)9-4-2;6-1-4-3-5-2-7;;;/h2*6-8,11-16H,3-5,9-10H2,1-2H3;1-2H,(H-,4,5,6,7);2*1H;/q;;;;;+1/p-1. The second-order valence-electron chi connectivity index (χ2n) is 15.2. The molecule has 2 aliphatic carbocycles. The van der Waals surface area contributed by atoms with E-state index in [0.717, 1.165) is 86.5 Å². The van der Waals surface area contributed by atoms with Gasteiger partial charge in [0.2, 0.25) is 0 Å². The molecule has 2 amide bonds. The van der Waals surface area contributed by atoms with E-state index in [-0.39, 0.29) is 7.25 Å². The van der Waals surface area contributed by atoms with E-state index in [0.29, 0.717) is 12.8 Å². The Kier molecular flexibility index (Phi) is 13.3. The molecule has 4 aromatic carbocycles. The van der Waals surface area contributed by atoms with Gasteiger partial charge < -0.3 is 0 Å². The fourth-order valence-corrected chi connectivity index (χ4v) is 30.1. The Labute approximate surface area is 331 Å². The first kappa shape index (κ1) is 40.5. The number of carbonyl (C=O) groups is 2. The molecule has 281 valence electrons. The molecule has 4 nitrogen and oxygen atoms in total. The molecule has 4 aromatic rings. The zero-order chi connectivity index (χ0) is 38.3. The third-order valence-electron chi connectivity index (χ3n) is 11.7. The molecule has 2 aliphatic rings. The fraction of sp³-hybridized carbons (Fsp3) is 0.348. The van der Waals surface area contributed by atoms with Gasteiger partial charge in [-0.05, 0) is 0 Å². The summed E-state index contributed by atoms with van der Waals surface area (Å²) < 4.78 is -1.66. The zero-order valence-corrected chi connectivity index (χ0v) is 36.2. The van der Waals surface area contributed by atoms with Gasteiger partial charge in [0.15, 0.2) is 0 Å². The van der Waals surface area contributed by atoms with Crippen LogP contribution in [0.1, 0.15) is 120 Å². The monoisotopic (exact) mass is 837 g/mol. The van der Waals surface area contributed by atoms with E-state index in [9.17, 15) is 9.59 Å². The molecule has 0 saturated heterocycles. The average molecular weight is 840 g/mol. The number of carbonyl (C=O) groups excluding carboxylic acids is 2. The number of halogens is 2. The number of aryl methyl sites for hydroxylation is 2. The zero-order valence-electron chi connectivity index (χ0n) is 32.3. The summed E-state index contributed by atoms with van der Waals surface area (Å²) in [6.07, 6.45) is 15.7. The average Bonchev–Trinajstić information content (AvgIpc) is 3.77. The molecular weight excluding hydrogens is 785 g/mol. The van der Waals surface area contributed by atoms with Crippen LogP contribution in [-0.4, -0.2) is 17.3 Å². The van der Waals surface area contributed by atoms with Gasteiger partial charge in [-0.3, -0.25) is 0 Å². The third-order valence-corrected chi connectivity index (χ3v) is 31.8. The number of rotatable bonds is 19. The van der Waals surface area contributed by atoms with Crippen molar-refractivity contribution in [3.8, 4) is 22.3 Å². The molecule has 0 spiro atoms. The van der Waals surface area contributed by atoms with E-state index < -0.39 is 20.7 Å². The van der Waals surface area contributed by atoms with Gasteiger partial charge in [-0.15, -0.1) is 0 Å². The molecule has 0 aromatic heterocycles. The molecular formula is C46H54BCl2N2O2Zr. The van der Waals surface area contributed by atoms with Crippen molar-refractivity contribution >= 4 is 46.5 Å². The van der Waals surface area contributed by atoms with Crippen molar-refractivity contribution in [1.82, 2.24) is 10.5 Å². The van der Waals surface area contributed by atoms with Crippen molar-refractivity contribution in [2.75, 3.05) is 0 Å². The number of nitrogens with one attached hydrogen (secondary N) is 2. The predicted octanol–water partition coefficient (Wildman–Crippen LogP) is 12.4. The molecule has 8 heteroatoms. The van der Waals surface area contributed by atoms with Crippen LogP contribution in [0.4, 0.5) is 0 Å². The Hall–Kier alpha value is -3.17. The van der Waals surface area contributed by atoms with Crippen LogP contribution in [0.15, 0.2) is 96.1 Å². The molecule has 0 bridgehead atoms. The number of allylic oxidation sites excluding steroid dienone is 2. The maximum absolute atomic E-state index is 12.6. The van der Waals surface area contributed by atoms with E-state index in [1.165, 1.54) is 44.5 Å². The summed E-state index contributed by atoms with van der Waals surface area (Å²) in [4.78, 5) is 25.2. The normalized spacial score (nSPS) is 16.7. The van der Waals surface area contributed by atoms with E-state index in [1.54, 1.807) is 0 Å².